The second-order valence-electron chi connectivity index (χ2n) is 8.36. The van der Waals surface area contributed by atoms with Gasteiger partial charge in [-0.15, -0.1) is 0 Å². The molecule has 194 valence electrons. The first-order valence-corrected chi connectivity index (χ1v) is 13.7. The van der Waals surface area contributed by atoms with Crippen molar-refractivity contribution in [3.05, 3.63) is 78.2 Å². The maximum Gasteiger partial charge on any atom is 0.251 e. The Kier molecular flexibility index (Phi) is 8.47. The highest BCUT2D eigenvalue weighted by Crippen LogP contribution is 2.19. The summed E-state index contributed by atoms with van der Waals surface area (Å²) in [6.07, 6.45) is 4.09. The topological polar surface area (TPSA) is 122 Å². The normalized spacial score (nSPS) is 11.6. The van der Waals surface area contributed by atoms with Crippen molar-refractivity contribution in [1.29, 1.82) is 0 Å². The van der Waals surface area contributed by atoms with Crippen LogP contribution in [0.3, 0.4) is 0 Å². The number of fused-ring (bicyclic) bond motifs is 1. The molecule has 2 N–H and O–H groups in total. The first-order chi connectivity index (χ1) is 17.9. The predicted molar refractivity (Wildman–Crippen MR) is 143 cm³/mol. The number of carbonyl (C=O) groups is 1. The van der Waals surface area contributed by atoms with Crippen molar-refractivity contribution in [1.82, 2.24) is 29.4 Å². The van der Waals surface area contributed by atoms with Crippen LogP contribution in [0.4, 0.5) is 5.82 Å². The van der Waals surface area contributed by atoms with E-state index in [4.69, 9.17) is 0 Å². The molecule has 4 aromatic rings. The van der Waals surface area contributed by atoms with Gasteiger partial charge in [0, 0.05) is 31.7 Å². The third kappa shape index (κ3) is 6.12. The van der Waals surface area contributed by atoms with Gasteiger partial charge < -0.3 is 10.6 Å². The fraction of sp³-hybridized carbons (Fsp3) is 0.308. The van der Waals surface area contributed by atoms with Gasteiger partial charge in [-0.1, -0.05) is 44.2 Å². The quantitative estimate of drug-likeness (QED) is 0.294. The molecule has 0 fully saturated rings. The van der Waals surface area contributed by atoms with Gasteiger partial charge in [-0.3, -0.25) is 4.79 Å². The zero-order valence-electron chi connectivity index (χ0n) is 21.0. The summed E-state index contributed by atoms with van der Waals surface area (Å²) in [5.74, 6) is 0.428. The van der Waals surface area contributed by atoms with Crippen molar-refractivity contribution >= 4 is 32.8 Å². The Morgan fingerprint density at radius 3 is 2.41 bits per heavy atom. The summed E-state index contributed by atoms with van der Waals surface area (Å²) in [6, 6.07) is 16.2. The number of sulfonamides is 1. The molecular weight excluding hydrogens is 490 g/mol. The lowest BCUT2D eigenvalue weighted by atomic mass is 10.1. The van der Waals surface area contributed by atoms with Crippen molar-refractivity contribution < 1.29 is 13.2 Å². The van der Waals surface area contributed by atoms with Gasteiger partial charge in [0.2, 0.25) is 10.0 Å². The first-order valence-electron chi connectivity index (χ1n) is 12.3. The average Bonchev–Trinajstić information content (AvgIpc) is 3.34. The minimum atomic E-state index is -3.56. The summed E-state index contributed by atoms with van der Waals surface area (Å²) in [7, 11) is -3.56. The van der Waals surface area contributed by atoms with E-state index in [1.807, 2.05) is 18.2 Å². The molecule has 0 saturated carbocycles. The molecule has 0 bridgehead atoms. The SMILES string of the molecule is CCN(CC)S(=O)(=O)c1ccc(C(=O)NCCn2ncc3c(NCCc4ccccc4)ncnc32)cc1. The van der Waals surface area contributed by atoms with Gasteiger partial charge in [0.15, 0.2) is 5.65 Å². The monoisotopic (exact) mass is 521 g/mol. The highest BCUT2D eigenvalue weighted by atomic mass is 32.2. The van der Waals surface area contributed by atoms with Crippen LogP contribution in [0.25, 0.3) is 11.0 Å². The van der Waals surface area contributed by atoms with Crippen molar-refractivity contribution in [3.8, 4) is 0 Å². The number of rotatable bonds is 12. The molecule has 0 saturated heterocycles. The lowest BCUT2D eigenvalue weighted by molar-refractivity contribution is 0.0952. The van der Waals surface area contributed by atoms with Crippen LogP contribution in [-0.4, -0.2) is 64.6 Å². The molecule has 0 aliphatic carbocycles. The van der Waals surface area contributed by atoms with Gasteiger partial charge >= 0.3 is 0 Å². The summed E-state index contributed by atoms with van der Waals surface area (Å²) in [4.78, 5) is 21.5. The molecule has 2 heterocycles. The molecule has 0 radical (unpaired) electrons. The fourth-order valence-electron chi connectivity index (χ4n) is 4.04. The molecule has 10 nitrogen and oxygen atoms in total. The highest BCUT2D eigenvalue weighted by Gasteiger charge is 2.21. The second-order valence-corrected chi connectivity index (χ2v) is 10.3. The summed E-state index contributed by atoms with van der Waals surface area (Å²) in [5, 5.41) is 11.4. The fourth-order valence-corrected chi connectivity index (χ4v) is 5.49. The smallest absolute Gasteiger partial charge is 0.251 e. The van der Waals surface area contributed by atoms with E-state index < -0.39 is 10.0 Å². The Hall–Kier alpha value is -3.83. The highest BCUT2D eigenvalue weighted by molar-refractivity contribution is 7.89. The van der Waals surface area contributed by atoms with E-state index in [2.05, 4.69) is 37.8 Å². The van der Waals surface area contributed by atoms with Gasteiger partial charge in [-0.2, -0.15) is 9.40 Å². The van der Waals surface area contributed by atoms with Crippen LogP contribution in [0.15, 0.2) is 72.0 Å². The zero-order chi connectivity index (χ0) is 26.3. The molecule has 0 spiro atoms. The lowest BCUT2D eigenvalue weighted by Crippen LogP contribution is -2.31. The number of hydrogen-bond donors (Lipinski definition) is 2. The van der Waals surface area contributed by atoms with Crippen molar-refractivity contribution in [2.24, 2.45) is 0 Å². The predicted octanol–water partition coefficient (Wildman–Crippen LogP) is 2.94. The standard InChI is InChI=1S/C26H31N7O3S/c1-3-32(4-2)37(35,36)22-12-10-21(11-13-22)26(34)28-16-17-33-25-23(18-31-33)24(29-19-30-25)27-15-14-20-8-6-5-7-9-20/h5-13,18-19H,3-4,14-17H2,1-2H3,(H,28,34)(H,27,29,30). The molecular formula is C26H31N7O3S. The zero-order valence-corrected chi connectivity index (χ0v) is 21.8. The van der Waals surface area contributed by atoms with Gasteiger partial charge in [-0.25, -0.2) is 23.1 Å². The number of hydrogen-bond acceptors (Lipinski definition) is 7. The van der Waals surface area contributed by atoms with Gasteiger partial charge in [-0.05, 0) is 36.2 Å². The minimum absolute atomic E-state index is 0.170. The Balaban J connectivity index is 1.33. The molecule has 0 unspecified atom stereocenters. The Morgan fingerprint density at radius 1 is 0.973 bits per heavy atom. The van der Waals surface area contributed by atoms with Crippen LogP contribution < -0.4 is 10.6 Å². The number of amides is 1. The summed E-state index contributed by atoms with van der Waals surface area (Å²) in [6.45, 7) is 5.84. The maximum absolute atomic E-state index is 12.6. The Labute approximate surface area is 216 Å². The number of aromatic nitrogens is 4. The number of benzene rings is 2. The molecule has 0 atom stereocenters. The third-order valence-electron chi connectivity index (χ3n) is 6.05. The van der Waals surface area contributed by atoms with E-state index in [9.17, 15) is 13.2 Å². The molecule has 37 heavy (non-hydrogen) atoms. The second kappa shape index (κ2) is 11.9. The lowest BCUT2D eigenvalue weighted by Gasteiger charge is -2.18. The van der Waals surface area contributed by atoms with E-state index in [0.717, 1.165) is 24.2 Å². The number of anilines is 1. The molecule has 0 aliphatic heterocycles. The van der Waals surface area contributed by atoms with Crippen molar-refractivity contribution in [2.45, 2.75) is 31.7 Å². The van der Waals surface area contributed by atoms with Crippen LogP contribution in [0.5, 0.6) is 0 Å². The van der Waals surface area contributed by atoms with Crippen LogP contribution in [-0.2, 0) is 23.0 Å². The number of nitrogens with one attached hydrogen (secondary N) is 2. The van der Waals surface area contributed by atoms with E-state index in [-0.39, 0.29) is 10.8 Å². The van der Waals surface area contributed by atoms with Crippen LogP contribution in [0, 0.1) is 0 Å². The van der Waals surface area contributed by atoms with Crippen LogP contribution in [0.2, 0.25) is 0 Å². The summed E-state index contributed by atoms with van der Waals surface area (Å²) in [5.41, 5.74) is 2.31. The first kappa shape index (κ1) is 26.2. The van der Waals surface area contributed by atoms with Crippen molar-refractivity contribution in [3.63, 3.8) is 0 Å². The van der Waals surface area contributed by atoms with Crippen LogP contribution in [0.1, 0.15) is 29.8 Å². The molecule has 1 amide bonds. The maximum atomic E-state index is 12.6. The summed E-state index contributed by atoms with van der Waals surface area (Å²) >= 11 is 0. The molecule has 0 aliphatic rings. The van der Waals surface area contributed by atoms with Crippen LogP contribution >= 0.6 is 0 Å². The van der Waals surface area contributed by atoms with E-state index in [0.29, 0.717) is 37.4 Å². The van der Waals surface area contributed by atoms with E-state index in [1.165, 1.54) is 40.5 Å². The molecule has 4 rings (SSSR count). The number of nitrogens with zero attached hydrogens (tertiary/aromatic N) is 5. The Bertz CT molecular complexity index is 1430. The van der Waals surface area contributed by atoms with Gasteiger partial charge in [0.05, 0.1) is 23.0 Å². The molecule has 2 aromatic carbocycles. The summed E-state index contributed by atoms with van der Waals surface area (Å²) < 4.78 is 28.4. The van der Waals surface area contributed by atoms with Gasteiger partial charge in [0.25, 0.3) is 5.91 Å². The third-order valence-corrected chi connectivity index (χ3v) is 8.12. The number of carbonyl (C=O) groups excluding carboxylic acids is 1. The largest absolute Gasteiger partial charge is 0.369 e. The molecule has 11 heteroatoms. The average molecular weight is 522 g/mol. The Morgan fingerprint density at radius 2 is 1.70 bits per heavy atom. The van der Waals surface area contributed by atoms with Gasteiger partial charge in [0.1, 0.15) is 12.1 Å². The van der Waals surface area contributed by atoms with E-state index >= 15 is 0 Å². The molecule has 2 aromatic heterocycles. The van der Waals surface area contributed by atoms with E-state index in [1.54, 1.807) is 24.7 Å². The van der Waals surface area contributed by atoms with Crippen molar-refractivity contribution in [2.75, 3.05) is 31.5 Å². The minimum Gasteiger partial charge on any atom is -0.369 e.